The molecule has 24 heavy (non-hydrogen) atoms. The third-order valence-corrected chi connectivity index (χ3v) is 4.00. The molecule has 0 aliphatic carbocycles. The van der Waals surface area contributed by atoms with Crippen molar-refractivity contribution < 1.29 is 9.21 Å². The van der Waals surface area contributed by atoms with Crippen LogP contribution < -0.4 is 10.9 Å². The summed E-state index contributed by atoms with van der Waals surface area (Å²) in [6, 6.07) is 10.6. The molecule has 1 amide bonds. The highest BCUT2D eigenvalue weighted by atomic mass is 16.3. The molecule has 124 valence electrons. The summed E-state index contributed by atoms with van der Waals surface area (Å²) in [4.78, 5) is 29.0. The number of aromatic nitrogens is 2. The first kappa shape index (κ1) is 16.0. The summed E-state index contributed by atoms with van der Waals surface area (Å²) in [6.07, 6.45) is 2.23. The van der Waals surface area contributed by atoms with E-state index < -0.39 is 0 Å². The van der Waals surface area contributed by atoms with Crippen molar-refractivity contribution in [2.24, 2.45) is 7.05 Å². The average Bonchev–Trinajstić information content (AvgIpc) is 3.11. The Morgan fingerprint density at radius 3 is 2.83 bits per heavy atom. The van der Waals surface area contributed by atoms with Crippen molar-refractivity contribution in [3.8, 4) is 0 Å². The Morgan fingerprint density at radius 1 is 1.29 bits per heavy atom. The zero-order chi connectivity index (χ0) is 17.1. The number of benzene rings is 1. The van der Waals surface area contributed by atoms with Gasteiger partial charge in [0, 0.05) is 19.9 Å². The quantitative estimate of drug-likeness (QED) is 0.781. The van der Waals surface area contributed by atoms with Gasteiger partial charge in [0.05, 0.1) is 23.2 Å². The Labute approximate surface area is 139 Å². The van der Waals surface area contributed by atoms with Gasteiger partial charge in [0.1, 0.15) is 11.6 Å². The molecule has 1 atom stereocenters. The van der Waals surface area contributed by atoms with Gasteiger partial charge >= 0.3 is 0 Å². The van der Waals surface area contributed by atoms with E-state index in [-0.39, 0.29) is 23.9 Å². The lowest BCUT2D eigenvalue weighted by atomic mass is 10.2. The Hall–Kier alpha value is -2.89. The molecule has 2 heterocycles. The minimum absolute atomic E-state index is 0.0973. The number of nitrogens with one attached hydrogen (secondary N) is 1. The van der Waals surface area contributed by atoms with Crippen molar-refractivity contribution in [3.63, 3.8) is 0 Å². The van der Waals surface area contributed by atoms with Gasteiger partial charge in [-0.3, -0.25) is 14.2 Å². The lowest BCUT2D eigenvalue weighted by molar-refractivity contribution is -0.121. The second kappa shape index (κ2) is 6.70. The predicted octanol–water partition coefficient (Wildman–Crippen LogP) is 2.34. The zero-order valence-electron chi connectivity index (χ0n) is 13.7. The number of aryl methyl sites for hydroxylation is 1. The van der Waals surface area contributed by atoms with Crippen molar-refractivity contribution in [2.45, 2.75) is 25.8 Å². The highest BCUT2D eigenvalue weighted by Gasteiger charge is 2.13. The van der Waals surface area contributed by atoms with Crippen LogP contribution >= 0.6 is 0 Å². The van der Waals surface area contributed by atoms with E-state index >= 15 is 0 Å². The van der Waals surface area contributed by atoms with Crippen LogP contribution in [0.15, 0.2) is 51.9 Å². The molecular formula is C18H19N3O3. The molecule has 3 aromatic rings. The van der Waals surface area contributed by atoms with Crippen molar-refractivity contribution >= 4 is 16.8 Å². The molecule has 0 saturated carbocycles. The maximum absolute atomic E-state index is 12.3. The molecule has 6 nitrogen and oxygen atoms in total. The predicted molar refractivity (Wildman–Crippen MR) is 90.6 cm³/mol. The van der Waals surface area contributed by atoms with Crippen LogP contribution in [0.1, 0.15) is 31.0 Å². The van der Waals surface area contributed by atoms with Crippen LogP contribution in [0.25, 0.3) is 10.9 Å². The van der Waals surface area contributed by atoms with Crippen LogP contribution in [-0.2, 0) is 18.3 Å². The van der Waals surface area contributed by atoms with Crippen molar-refractivity contribution in [2.75, 3.05) is 0 Å². The molecule has 0 spiro atoms. The fourth-order valence-corrected chi connectivity index (χ4v) is 2.64. The summed E-state index contributed by atoms with van der Waals surface area (Å²) in [7, 11) is 1.68. The lowest BCUT2D eigenvalue weighted by Crippen LogP contribution is -2.28. The van der Waals surface area contributed by atoms with Gasteiger partial charge in [0.25, 0.3) is 5.56 Å². The molecule has 6 heteroatoms. The van der Waals surface area contributed by atoms with E-state index in [4.69, 9.17) is 4.42 Å². The van der Waals surface area contributed by atoms with Crippen LogP contribution in [0, 0.1) is 0 Å². The topological polar surface area (TPSA) is 77.1 Å². The largest absolute Gasteiger partial charge is 0.467 e. The summed E-state index contributed by atoms with van der Waals surface area (Å²) >= 11 is 0. The number of para-hydroxylation sites is 1. The fourth-order valence-electron chi connectivity index (χ4n) is 2.64. The molecule has 0 radical (unpaired) electrons. The number of amides is 1. The van der Waals surface area contributed by atoms with Gasteiger partial charge in [-0.05, 0) is 31.2 Å². The zero-order valence-corrected chi connectivity index (χ0v) is 13.7. The third-order valence-electron chi connectivity index (χ3n) is 4.00. The van der Waals surface area contributed by atoms with Crippen molar-refractivity contribution in [1.29, 1.82) is 0 Å². The Balaban J connectivity index is 1.70. The maximum atomic E-state index is 12.3. The molecule has 0 saturated heterocycles. The molecule has 0 unspecified atom stereocenters. The molecule has 0 fully saturated rings. The number of nitrogens with zero attached hydrogens (tertiary/aromatic N) is 2. The van der Waals surface area contributed by atoms with E-state index in [2.05, 4.69) is 10.3 Å². The summed E-state index contributed by atoms with van der Waals surface area (Å²) in [5.74, 6) is 1.19. The number of carbonyl (C=O) groups is 1. The molecule has 0 aliphatic heterocycles. The van der Waals surface area contributed by atoms with E-state index in [9.17, 15) is 9.59 Å². The average molecular weight is 325 g/mol. The number of hydrogen-bond acceptors (Lipinski definition) is 4. The van der Waals surface area contributed by atoms with Crippen LogP contribution in [0.4, 0.5) is 0 Å². The Kier molecular flexibility index (Phi) is 4.46. The van der Waals surface area contributed by atoms with Crippen LogP contribution in [-0.4, -0.2) is 15.5 Å². The second-order valence-corrected chi connectivity index (χ2v) is 5.71. The van der Waals surface area contributed by atoms with Crippen molar-refractivity contribution in [3.05, 3.63) is 64.6 Å². The molecule has 1 aromatic carbocycles. The molecule has 2 aromatic heterocycles. The number of rotatable bonds is 5. The molecule has 0 bridgehead atoms. The first-order chi connectivity index (χ1) is 11.6. The monoisotopic (exact) mass is 325 g/mol. The van der Waals surface area contributed by atoms with Gasteiger partial charge in [-0.2, -0.15) is 0 Å². The van der Waals surface area contributed by atoms with Gasteiger partial charge < -0.3 is 9.73 Å². The second-order valence-electron chi connectivity index (χ2n) is 5.71. The van der Waals surface area contributed by atoms with Crippen LogP contribution in [0.5, 0.6) is 0 Å². The molecular weight excluding hydrogens is 306 g/mol. The highest BCUT2D eigenvalue weighted by molar-refractivity contribution is 5.78. The first-order valence-corrected chi connectivity index (χ1v) is 7.83. The summed E-state index contributed by atoms with van der Waals surface area (Å²) in [6.45, 7) is 1.86. The van der Waals surface area contributed by atoms with E-state index in [1.54, 1.807) is 31.5 Å². The number of carbonyl (C=O) groups excluding carboxylic acids is 1. The summed E-state index contributed by atoms with van der Waals surface area (Å²) < 4.78 is 6.78. The fraction of sp³-hybridized carbons (Fsp3) is 0.278. The van der Waals surface area contributed by atoms with Gasteiger partial charge in [-0.25, -0.2) is 4.98 Å². The van der Waals surface area contributed by atoms with E-state index in [1.165, 1.54) is 4.57 Å². The van der Waals surface area contributed by atoms with Gasteiger partial charge in [0.15, 0.2) is 0 Å². The van der Waals surface area contributed by atoms with E-state index in [0.29, 0.717) is 28.9 Å². The highest BCUT2D eigenvalue weighted by Crippen LogP contribution is 2.13. The number of hydrogen-bond donors (Lipinski definition) is 1. The smallest absolute Gasteiger partial charge is 0.261 e. The normalized spacial score (nSPS) is 12.2. The molecule has 0 aliphatic rings. The summed E-state index contributed by atoms with van der Waals surface area (Å²) in [5, 5.41) is 3.46. The first-order valence-electron chi connectivity index (χ1n) is 7.83. The van der Waals surface area contributed by atoms with Crippen LogP contribution in [0.2, 0.25) is 0 Å². The van der Waals surface area contributed by atoms with Gasteiger partial charge in [0.2, 0.25) is 5.91 Å². The maximum Gasteiger partial charge on any atom is 0.261 e. The Bertz CT molecular complexity index is 913. The molecule has 1 N–H and O–H groups in total. The van der Waals surface area contributed by atoms with E-state index in [1.807, 2.05) is 25.1 Å². The number of furan rings is 1. The third kappa shape index (κ3) is 3.22. The van der Waals surface area contributed by atoms with E-state index in [0.717, 1.165) is 0 Å². The lowest BCUT2D eigenvalue weighted by Gasteiger charge is -2.12. The standard InChI is InChI=1S/C18H19N3O3/c1-12(15-8-5-11-24-15)19-17(22)10-9-16-20-14-7-4-3-6-13(14)18(23)21(16)2/h3-8,11-12H,9-10H2,1-2H3,(H,19,22)/t12-/m0/s1. The minimum Gasteiger partial charge on any atom is -0.467 e. The Morgan fingerprint density at radius 2 is 2.08 bits per heavy atom. The molecule has 3 rings (SSSR count). The summed E-state index contributed by atoms with van der Waals surface area (Å²) in [5.41, 5.74) is 0.555. The number of fused-ring (bicyclic) bond motifs is 1. The van der Waals surface area contributed by atoms with Gasteiger partial charge in [-0.15, -0.1) is 0 Å². The SMILES string of the molecule is C[C@H](NC(=O)CCc1nc2ccccc2c(=O)n1C)c1ccco1. The van der Waals surface area contributed by atoms with Crippen molar-refractivity contribution in [1.82, 2.24) is 14.9 Å². The van der Waals surface area contributed by atoms with Crippen LogP contribution in [0.3, 0.4) is 0 Å². The minimum atomic E-state index is -0.194. The van der Waals surface area contributed by atoms with Gasteiger partial charge in [-0.1, -0.05) is 12.1 Å².